The van der Waals surface area contributed by atoms with Crippen LogP contribution in [-0.4, -0.2) is 41.5 Å². The maximum absolute atomic E-state index is 16.5. The van der Waals surface area contributed by atoms with E-state index in [1.807, 2.05) is 6.92 Å². The Labute approximate surface area is 265 Å². The lowest BCUT2D eigenvalue weighted by atomic mass is 9.73. The largest absolute Gasteiger partial charge is 0.455 e. The van der Waals surface area contributed by atoms with Crippen molar-refractivity contribution in [3.8, 4) is 22.5 Å². The topological polar surface area (TPSA) is 106 Å². The fourth-order valence-corrected chi connectivity index (χ4v) is 5.96. The van der Waals surface area contributed by atoms with Gasteiger partial charge in [-0.3, -0.25) is 9.59 Å². The van der Waals surface area contributed by atoms with E-state index in [1.165, 1.54) is 31.3 Å². The number of hydrogen-bond donors (Lipinski definition) is 2. The van der Waals surface area contributed by atoms with E-state index in [4.69, 9.17) is 9.15 Å². The molecular weight excluding hydrogens is 590 g/mol. The molecule has 1 aliphatic carbocycles. The maximum atomic E-state index is 16.5. The highest BCUT2D eigenvalue weighted by Crippen LogP contribution is 2.43. The number of carbonyl (C=O) groups is 2. The third kappa shape index (κ3) is 5.76. The first-order chi connectivity index (χ1) is 22.2. The third-order valence-electron chi connectivity index (χ3n) is 8.49. The Hall–Kier alpha value is -4.96. The summed E-state index contributed by atoms with van der Waals surface area (Å²) in [6, 6.07) is 15.4. The Kier molecular flexibility index (Phi) is 8.64. The summed E-state index contributed by atoms with van der Waals surface area (Å²) in [7, 11) is 1.44. The Bertz CT molecular complexity index is 1900. The van der Waals surface area contributed by atoms with Crippen molar-refractivity contribution < 1.29 is 27.5 Å². The van der Waals surface area contributed by atoms with Crippen molar-refractivity contribution in [3.05, 3.63) is 107 Å². The van der Waals surface area contributed by atoms with Gasteiger partial charge in [0.15, 0.2) is 5.82 Å². The smallest absolute Gasteiger partial charge is 0.255 e. The summed E-state index contributed by atoms with van der Waals surface area (Å²) in [6.45, 7) is 4.58. The second kappa shape index (κ2) is 12.8. The summed E-state index contributed by atoms with van der Waals surface area (Å²) in [5.41, 5.74) is 1.54. The number of aromatic nitrogens is 2. The first kappa shape index (κ1) is 31.0. The molecule has 1 fully saturated rings. The molecule has 5 aromatic rings. The fraction of sp³-hybridized carbons (Fsp3) is 0.278. The molecule has 1 aliphatic rings. The van der Waals surface area contributed by atoms with Crippen molar-refractivity contribution >= 4 is 22.8 Å². The zero-order valence-electron chi connectivity index (χ0n) is 25.8. The van der Waals surface area contributed by atoms with Gasteiger partial charge < -0.3 is 19.8 Å². The lowest BCUT2D eigenvalue weighted by Gasteiger charge is -2.46. The van der Waals surface area contributed by atoms with E-state index in [0.717, 1.165) is 18.4 Å². The van der Waals surface area contributed by atoms with Crippen LogP contribution in [0, 0.1) is 18.6 Å². The molecule has 0 radical (unpaired) electrons. The number of amides is 2. The van der Waals surface area contributed by atoms with E-state index in [9.17, 15) is 14.0 Å². The maximum Gasteiger partial charge on any atom is 0.255 e. The molecule has 0 aliphatic heterocycles. The minimum absolute atomic E-state index is 0.000468. The molecule has 0 atom stereocenters. The first-order valence-corrected chi connectivity index (χ1v) is 15.3. The molecule has 0 bridgehead atoms. The average molecular weight is 625 g/mol. The lowest BCUT2D eigenvalue weighted by molar-refractivity contribution is -0.0589. The number of nitrogens with one attached hydrogen (secondary N) is 2. The highest BCUT2D eigenvalue weighted by molar-refractivity contribution is 6.12. The highest BCUT2D eigenvalue weighted by Gasteiger charge is 2.49. The number of furan rings is 1. The van der Waals surface area contributed by atoms with Crippen LogP contribution in [0.3, 0.4) is 0 Å². The second-order valence-corrected chi connectivity index (χ2v) is 11.6. The van der Waals surface area contributed by atoms with Gasteiger partial charge >= 0.3 is 0 Å². The van der Waals surface area contributed by atoms with E-state index in [2.05, 4.69) is 27.5 Å². The molecule has 2 aromatic heterocycles. The Morgan fingerprint density at radius 1 is 1.00 bits per heavy atom. The van der Waals surface area contributed by atoms with Gasteiger partial charge in [-0.25, -0.2) is 18.7 Å². The fourth-order valence-electron chi connectivity index (χ4n) is 5.96. The van der Waals surface area contributed by atoms with Crippen molar-refractivity contribution in [1.82, 2.24) is 20.6 Å². The van der Waals surface area contributed by atoms with Gasteiger partial charge in [0, 0.05) is 55.6 Å². The highest BCUT2D eigenvalue weighted by atomic mass is 19.1. The van der Waals surface area contributed by atoms with Gasteiger partial charge in [-0.2, -0.15) is 0 Å². The van der Waals surface area contributed by atoms with E-state index < -0.39 is 23.1 Å². The van der Waals surface area contributed by atoms with Crippen LogP contribution in [0.25, 0.3) is 33.4 Å². The van der Waals surface area contributed by atoms with Crippen LogP contribution in [0.1, 0.15) is 64.7 Å². The SMILES string of the molecule is CCCCOC1CC(NC(=O)c2ccc(C)c(-c3ccc4oc(-c5ccc(F)cc5)c(C(=O)NC)c4c3F)c2)(c2ncccn2)C1. The summed E-state index contributed by atoms with van der Waals surface area (Å²) in [5, 5.41) is 5.70. The number of rotatable bonds is 10. The van der Waals surface area contributed by atoms with Crippen LogP contribution >= 0.6 is 0 Å². The minimum Gasteiger partial charge on any atom is -0.455 e. The van der Waals surface area contributed by atoms with E-state index in [0.29, 0.717) is 42.0 Å². The number of unbranched alkanes of at least 4 members (excludes halogenated alkanes) is 1. The summed E-state index contributed by atoms with van der Waals surface area (Å²) in [4.78, 5) is 35.7. The summed E-state index contributed by atoms with van der Waals surface area (Å²) in [5.74, 6) is -1.38. The van der Waals surface area contributed by atoms with Crippen LogP contribution < -0.4 is 10.6 Å². The standard InChI is InChI=1S/C36H34F2N4O4/c1-4-5-17-45-25-19-36(20-25,35-40-15-6-16-41-35)42-33(43)23-8-7-21(2)27(18-23)26-13-14-28-29(31(26)38)30(34(44)39-3)32(46-28)22-9-11-24(37)12-10-22/h6-16,18,25H,4-5,17,19-20H2,1-3H3,(H,39,44)(H,42,43). The Morgan fingerprint density at radius 2 is 1.74 bits per heavy atom. The van der Waals surface area contributed by atoms with Crippen molar-refractivity contribution in [2.45, 2.75) is 51.2 Å². The van der Waals surface area contributed by atoms with Gasteiger partial charge in [0.05, 0.1) is 17.1 Å². The molecule has 3 aromatic carbocycles. The number of carbonyl (C=O) groups excluding carboxylic acids is 2. The first-order valence-electron chi connectivity index (χ1n) is 15.3. The molecule has 236 valence electrons. The number of benzene rings is 3. The van der Waals surface area contributed by atoms with Crippen molar-refractivity contribution in [1.29, 1.82) is 0 Å². The van der Waals surface area contributed by atoms with Crippen LogP contribution in [0.15, 0.2) is 77.5 Å². The molecule has 10 heteroatoms. The molecule has 46 heavy (non-hydrogen) atoms. The summed E-state index contributed by atoms with van der Waals surface area (Å²) < 4.78 is 42.1. The lowest BCUT2D eigenvalue weighted by Crippen LogP contribution is -2.58. The molecule has 1 saturated carbocycles. The van der Waals surface area contributed by atoms with Crippen molar-refractivity contribution in [3.63, 3.8) is 0 Å². The number of fused-ring (bicyclic) bond motifs is 1. The van der Waals surface area contributed by atoms with Gasteiger partial charge in [0.2, 0.25) is 0 Å². The van der Waals surface area contributed by atoms with Gasteiger partial charge in [-0.1, -0.05) is 19.4 Å². The molecule has 2 amide bonds. The molecule has 0 spiro atoms. The van der Waals surface area contributed by atoms with Crippen LogP contribution in [-0.2, 0) is 10.3 Å². The number of ether oxygens (including phenoxy) is 1. The monoisotopic (exact) mass is 624 g/mol. The quantitative estimate of drug-likeness (QED) is 0.161. The molecule has 2 heterocycles. The van der Waals surface area contributed by atoms with Gasteiger partial charge in [-0.05, 0) is 79.1 Å². The molecule has 0 unspecified atom stereocenters. The number of halogens is 2. The predicted molar refractivity (Wildman–Crippen MR) is 170 cm³/mol. The predicted octanol–water partition coefficient (Wildman–Crippen LogP) is 7.11. The zero-order chi connectivity index (χ0) is 32.4. The normalized spacial score (nSPS) is 17.5. The summed E-state index contributed by atoms with van der Waals surface area (Å²) >= 11 is 0. The van der Waals surface area contributed by atoms with Crippen LogP contribution in [0.5, 0.6) is 0 Å². The van der Waals surface area contributed by atoms with E-state index >= 15 is 4.39 Å². The second-order valence-electron chi connectivity index (χ2n) is 11.6. The third-order valence-corrected chi connectivity index (χ3v) is 8.49. The zero-order valence-corrected chi connectivity index (χ0v) is 25.8. The molecule has 8 nitrogen and oxygen atoms in total. The number of nitrogens with zero attached hydrogens (tertiary/aromatic N) is 2. The Morgan fingerprint density at radius 3 is 2.43 bits per heavy atom. The van der Waals surface area contributed by atoms with Crippen LogP contribution in [0.2, 0.25) is 0 Å². The van der Waals surface area contributed by atoms with Gasteiger partial charge in [0.25, 0.3) is 11.8 Å². The van der Waals surface area contributed by atoms with Crippen molar-refractivity contribution in [2.75, 3.05) is 13.7 Å². The van der Waals surface area contributed by atoms with E-state index in [1.54, 1.807) is 48.8 Å². The molecular formula is C36H34F2N4O4. The Balaban J connectivity index is 1.36. The van der Waals surface area contributed by atoms with Crippen molar-refractivity contribution in [2.24, 2.45) is 0 Å². The number of aryl methyl sites for hydroxylation is 1. The van der Waals surface area contributed by atoms with Gasteiger partial charge in [0.1, 0.15) is 28.5 Å². The average Bonchev–Trinajstić information content (AvgIpc) is 3.45. The van der Waals surface area contributed by atoms with Gasteiger partial charge in [-0.15, -0.1) is 0 Å². The minimum atomic E-state index is -0.791. The summed E-state index contributed by atoms with van der Waals surface area (Å²) in [6.07, 6.45) is 6.34. The number of hydrogen-bond acceptors (Lipinski definition) is 6. The molecule has 2 N–H and O–H groups in total. The molecule has 0 saturated heterocycles. The molecule has 6 rings (SSSR count). The van der Waals surface area contributed by atoms with Crippen LogP contribution in [0.4, 0.5) is 8.78 Å². The van der Waals surface area contributed by atoms with E-state index in [-0.39, 0.29) is 39.9 Å².